The van der Waals surface area contributed by atoms with E-state index in [2.05, 4.69) is 24.4 Å². The molecule has 16 heavy (non-hydrogen) atoms. The highest BCUT2D eigenvalue weighted by Crippen LogP contribution is 2.21. The molecule has 0 aromatic heterocycles. The van der Waals surface area contributed by atoms with Gasteiger partial charge in [-0.25, -0.2) is 0 Å². The minimum atomic E-state index is 0.681. The van der Waals surface area contributed by atoms with E-state index in [0.29, 0.717) is 6.04 Å². The second-order valence-electron chi connectivity index (χ2n) is 4.91. The molecule has 2 heteroatoms. The standard InChI is InChI=1S/C14H20ClN/c1-11-8-9-16-13(10-11)7-6-12-4-2-3-5-14(12)15/h2-5,11,13,16H,6-10H2,1H3. The molecule has 1 aliphatic heterocycles. The van der Waals surface area contributed by atoms with Gasteiger partial charge in [-0.2, -0.15) is 0 Å². The summed E-state index contributed by atoms with van der Waals surface area (Å²) in [6.07, 6.45) is 4.92. The summed E-state index contributed by atoms with van der Waals surface area (Å²) in [5, 5.41) is 4.50. The van der Waals surface area contributed by atoms with Crippen molar-refractivity contribution in [1.29, 1.82) is 0 Å². The first kappa shape index (κ1) is 11.9. The van der Waals surface area contributed by atoms with Crippen molar-refractivity contribution in [2.45, 2.75) is 38.6 Å². The number of hydrogen-bond acceptors (Lipinski definition) is 1. The van der Waals surface area contributed by atoms with Gasteiger partial charge in [0.1, 0.15) is 0 Å². The van der Waals surface area contributed by atoms with Crippen molar-refractivity contribution in [3.8, 4) is 0 Å². The summed E-state index contributed by atoms with van der Waals surface area (Å²) in [6, 6.07) is 8.85. The molecule has 1 fully saturated rings. The average Bonchev–Trinajstić information content (AvgIpc) is 2.28. The van der Waals surface area contributed by atoms with Crippen LogP contribution >= 0.6 is 11.6 Å². The van der Waals surface area contributed by atoms with E-state index in [1.165, 1.54) is 31.4 Å². The summed E-state index contributed by atoms with van der Waals surface area (Å²) in [7, 11) is 0. The van der Waals surface area contributed by atoms with Crippen molar-refractivity contribution in [1.82, 2.24) is 5.32 Å². The molecule has 1 aromatic carbocycles. The Balaban J connectivity index is 1.85. The minimum Gasteiger partial charge on any atom is -0.314 e. The fourth-order valence-electron chi connectivity index (χ4n) is 2.47. The van der Waals surface area contributed by atoms with Crippen LogP contribution in [0.15, 0.2) is 24.3 Å². The second-order valence-corrected chi connectivity index (χ2v) is 5.32. The van der Waals surface area contributed by atoms with Crippen LogP contribution in [0.25, 0.3) is 0 Å². The van der Waals surface area contributed by atoms with Crippen molar-refractivity contribution in [3.63, 3.8) is 0 Å². The molecule has 1 heterocycles. The first-order chi connectivity index (χ1) is 7.75. The molecule has 0 radical (unpaired) electrons. The van der Waals surface area contributed by atoms with E-state index in [-0.39, 0.29) is 0 Å². The van der Waals surface area contributed by atoms with Crippen LogP contribution in [-0.4, -0.2) is 12.6 Å². The van der Waals surface area contributed by atoms with Crippen LogP contribution in [0.1, 0.15) is 31.7 Å². The number of hydrogen-bond donors (Lipinski definition) is 1. The van der Waals surface area contributed by atoms with Gasteiger partial charge in [-0.3, -0.25) is 0 Å². The van der Waals surface area contributed by atoms with Crippen molar-refractivity contribution < 1.29 is 0 Å². The number of rotatable bonds is 3. The summed E-state index contributed by atoms with van der Waals surface area (Å²) in [6.45, 7) is 3.53. The highest BCUT2D eigenvalue weighted by Gasteiger charge is 2.17. The van der Waals surface area contributed by atoms with E-state index in [1.807, 2.05) is 12.1 Å². The van der Waals surface area contributed by atoms with Crippen molar-refractivity contribution in [3.05, 3.63) is 34.9 Å². The molecule has 0 saturated carbocycles. The highest BCUT2D eigenvalue weighted by molar-refractivity contribution is 6.31. The lowest BCUT2D eigenvalue weighted by atomic mass is 9.91. The van der Waals surface area contributed by atoms with Crippen LogP contribution in [0.5, 0.6) is 0 Å². The van der Waals surface area contributed by atoms with Gasteiger partial charge in [0, 0.05) is 11.1 Å². The van der Waals surface area contributed by atoms with Gasteiger partial charge in [0.05, 0.1) is 0 Å². The van der Waals surface area contributed by atoms with E-state index < -0.39 is 0 Å². The number of halogens is 1. The van der Waals surface area contributed by atoms with Crippen molar-refractivity contribution in [2.24, 2.45) is 5.92 Å². The van der Waals surface area contributed by atoms with Gasteiger partial charge in [0.15, 0.2) is 0 Å². The lowest BCUT2D eigenvalue weighted by Gasteiger charge is -2.28. The number of benzene rings is 1. The maximum Gasteiger partial charge on any atom is 0.0437 e. The largest absolute Gasteiger partial charge is 0.314 e. The Labute approximate surface area is 103 Å². The predicted octanol–water partition coefficient (Wildman–Crippen LogP) is 3.66. The van der Waals surface area contributed by atoms with Gasteiger partial charge in [-0.1, -0.05) is 36.7 Å². The molecule has 1 aliphatic rings. The molecule has 1 N–H and O–H groups in total. The number of piperidine rings is 1. The van der Waals surface area contributed by atoms with Crippen molar-refractivity contribution >= 4 is 11.6 Å². The third kappa shape index (κ3) is 3.23. The smallest absolute Gasteiger partial charge is 0.0437 e. The van der Waals surface area contributed by atoms with Crippen LogP contribution in [0.2, 0.25) is 5.02 Å². The Morgan fingerprint density at radius 1 is 1.38 bits per heavy atom. The van der Waals surface area contributed by atoms with E-state index in [4.69, 9.17) is 11.6 Å². The highest BCUT2D eigenvalue weighted by atomic mass is 35.5. The zero-order chi connectivity index (χ0) is 11.4. The lowest BCUT2D eigenvalue weighted by Crippen LogP contribution is -2.37. The quantitative estimate of drug-likeness (QED) is 0.846. The van der Waals surface area contributed by atoms with Gasteiger partial charge in [0.2, 0.25) is 0 Å². The normalized spacial score (nSPS) is 25.6. The van der Waals surface area contributed by atoms with Gasteiger partial charge in [-0.05, 0) is 49.8 Å². The molecule has 0 bridgehead atoms. The summed E-state index contributed by atoms with van der Waals surface area (Å²) in [5.41, 5.74) is 1.28. The van der Waals surface area contributed by atoms with E-state index >= 15 is 0 Å². The van der Waals surface area contributed by atoms with Crippen molar-refractivity contribution in [2.75, 3.05) is 6.54 Å². The van der Waals surface area contributed by atoms with Gasteiger partial charge >= 0.3 is 0 Å². The molecule has 0 aliphatic carbocycles. The van der Waals surface area contributed by atoms with Gasteiger partial charge in [0.25, 0.3) is 0 Å². The monoisotopic (exact) mass is 237 g/mol. The Morgan fingerprint density at radius 3 is 2.94 bits per heavy atom. The average molecular weight is 238 g/mol. The van der Waals surface area contributed by atoms with Crippen LogP contribution in [0.3, 0.4) is 0 Å². The summed E-state index contributed by atoms with van der Waals surface area (Å²) < 4.78 is 0. The van der Waals surface area contributed by atoms with Gasteiger partial charge < -0.3 is 5.32 Å². The van der Waals surface area contributed by atoms with Gasteiger partial charge in [-0.15, -0.1) is 0 Å². The third-order valence-corrected chi connectivity index (χ3v) is 3.85. The molecule has 1 saturated heterocycles. The maximum atomic E-state index is 6.15. The molecule has 1 nitrogen and oxygen atoms in total. The molecule has 2 atom stereocenters. The zero-order valence-corrected chi connectivity index (χ0v) is 10.6. The minimum absolute atomic E-state index is 0.681. The first-order valence-electron chi connectivity index (χ1n) is 6.22. The van der Waals surface area contributed by atoms with Crippen LogP contribution in [0, 0.1) is 5.92 Å². The number of aryl methyl sites for hydroxylation is 1. The topological polar surface area (TPSA) is 12.0 Å². The number of nitrogens with one attached hydrogen (secondary N) is 1. The predicted molar refractivity (Wildman–Crippen MR) is 70.0 cm³/mol. The molecule has 0 amide bonds. The molecule has 2 rings (SSSR count). The van der Waals surface area contributed by atoms with E-state index in [0.717, 1.165) is 17.4 Å². The molecule has 2 unspecified atom stereocenters. The fraction of sp³-hybridized carbons (Fsp3) is 0.571. The Morgan fingerprint density at radius 2 is 2.19 bits per heavy atom. The molecular formula is C14H20ClN. The maximum absolute atomic E-state index is 6.15. The Hall–Kier alpha value is -0.530. The summed E-state index contributed by atoms with van der Waals surface area (Å²) in [4.78, 5) is 0. The van der Waals surface area contributed by atoms with Crippen LogP contribution in [0.4, 0.5) is 0 Å². The summed E-state index contributed by atoms with van der Waals surface area (Å²) in [5.74, 6) is 0.873. The third-order valence-electron chi connectivity index (χ3n) is 3.48. The molecule has 1 aromatic rings. The SMILES string of the molecule is CC1CCNC(CCc2ccccc2Cl)C1. The lowest BCUT2D eigenvalue weighted by molar-refractivity contribution is 0.308. The zero-order valence-electron chi connectivity index (χ0n) is 9.88. The van der Waals surface area contributed by atoms with E-state index in [1.54, 1.807) is 0 Å². The molecule has 88 valence electrons. The van der Waals surface area contributed by atoms with E-state index in [9.17, 15) is 0 Å². The fourth-order valence-corrected chi connectivity index (χ4v) is 2.70. The summed E-state index contributed by atoms with van der Waals surface area (Å²) >= 11 is 6.15. The second kappa shape index (κ2) is 5.70. The Bertz CT molecular complexity index is 337. The Kier molecular flexibility index (Phi) is 4.25. The van der Waals surface area contributed by atoms with Crippen LogP contribution < -0.4 is 5.32 Å². The van der Waals surface area contributed by atoms with Crippen LogP contribution in [-0.2, 0) is 6.42 Å². The molecular weight excluding hydrogens is 218 g/mol. The first-order valence-corrected chi connectivity index (χ1v) is 6.60. The molecule has 0 spiro atoms.